The zero-order valence-corrected chi connectivity index (χ0v) is 10.7. The first kappa shape index (κ1) is 14.3. The number of hydrogen-bond donors (Lipinski definition) is 2. The number of halogens is 3. The van der Waals surface area contributed by atoms with Crippen molar-refractivity contribution in [3.8, 4) is 0 Å². The SMILES string of the molecule is O=S(=O)(NC1CCNC1)c1cccc(C(F)(F)F)c1. The molecule has 0 aromatic heterocycles. The molecule has 1 unspecified atom stereocenters. The fourth-order valence-corrected chi connectivity index (χ4v) is 3.20. The van der Waals surface area contributed by atoms with E-state index in [-0.39, 0.29) is 10.9 Å². The Bertz CT molecular complexity index is 551. The topological polar surface area (TPSA) is 58.2 Å². The molecule has 0 aliphatic carbocycles. The lowest BCUT2D eigenvalue weighted by Gasteiger charge is -2.13. The zero-order valence-electron chi connectivity index (χ0n) is 9.87. The number of nitrogens with one attached hydrogen (secondary N) is 2. The molecule has 2 rings (SSSR count). The fourth-order valence-electron chi connectivity index (χ4n) is 1.88. The molecule has 1 atom stereocenters. The van der Waals surface area contributed by atoms with Gasteiger partial charge in [0.25, 0.3) is 0 Å². The standard InChI is InChI=1S/C11H13F3N2O2S/c12-11(13,14)8-2-1-3-10(6-8)19(17,18)16-9-4-5-15-7-9/h1-3,6,9,15-16H,4-5,7H2. The van der Waals surface area contributed by atoms with Crippen molar-refractivity contribution in [3.63, 3.8) is 0 Å². The van der Waals surface area contributed by atoms with E-state index in [1.54, 1.807) is 0 Å². The zero-order chi connectivity index (χ0) is 14.1. The molecule has 1 fully saturated rings. The monoisotopic (exact) mass is 294 g/mol. The van der Waals surface area contributed by atoms with Gasteiger partial charge in [0, 0.05) is 12.6 Å². The van der Waals surface area contributed by atoms with Gasteiger partial charge in [0.1, 0.15) is 0 Å². The Morgan fingerprint density at radius 1 is 1.32 bits per heavy atom. The third-order valence-electron chi connectivity index (χ3n) is 2.85. The predicted octanol–water partition coefficient (Wildman–Crippen LogP) is 1.35. The molecule has 1 saturated heterocycles. The summed E-state index contributed by atoms with van der Waals surface area (Å²) in [6.07, 6.45) is -3.93. The molecule has 1 aromatic rings. The Labute approximate surface area is 109 Å². The van der Waals surface area contributed by atoms with Crippen molar-refractivity contribution in [2.75, 3.05) is 13.1 Å². The Kier molecular flexibility index (Phi) is 3.84. The van der Waals surface area contributed by atoms with Gasteiger partial charge >= 0.3 is 6.18 Å². The number of alkyl halides is 3. The first-order valence-corrected chi connectivity index (χ1v) is 7.18. The quantitative estimate of drug-likeness (QED) is 0.884. The summed E-state index contributed by atoms with van der Waals surface area (Å²) in [6, 6.07) is 3.45. The molecule has 1 heterocycles. The Morgan fingerprint density at radius 3 is 2.63 bits per heavy atom. The number of rotatable bonds is 3. The predicted molar refractivity (Wildman–Crippen MR) is 63.0 cm³/mol. The summed E-state index contributed by atoms with van der Waals surface area (Å²) in [6.45, 7) is 1.17. The maximum atomic E-state index is 12.5. The van der Waals surface area contributed by atoms with Crippen LogP contribution >= 0.6 is 0 Å². The van der Waals surface area contributed by atoms with Crippen molar-refractivity contribution >= 4 is 10.0 Å². The van der Waals surface area contributed by atoms with Crippen molar-refractivity contribution in [2.45, 2.75) is 23.5 Å². The maximum Gasteiger partial charge on any atom is 0.416 e. The van der Waals surface area contributed by atoms with Crippen LogP contribution in [0.5, 0.6) is 0 Å². The van der Waals surface area contributed by atoms with Crippen LogP contribution in [0.25, 0.3) is 0 Å². The summed E-state index contributed by atoms with van der Waals surface area (Å²) in [4.78, 5) is -0.366. The van der Waals surface area contributed by atoms with E-state index in [4.69, 9.17) is 0 Å². The summed E-state index contributed by atoms with van der Waals surface area (Å²) in [5.41, 5.74) is -0.972. The van der Waals surface area contributed by atoms with Crippen LogP contribution in [0.1, 0.15) is 12.0 Å². The van der Waals surface area contributed by atoms with Crippen molar-refractivity contribution in [3.05, 3.63) is 29.8 Å². The Hall–Kier alpha value is -1.12. The second-order valence-electron chi connectivity index (χ2n) is 4.34. The minimum absolute atomic E-state index is 0.278. The summed E-state index contributed by atoms with van der Waals surface area (Å²) >= 11 is 0. The van der Waals surface area contributed by atoms with Crippen LogP contribution < -0.4 is 10.0 Å². The van der Waals surface area contributed by atoms with Crippen molar-refractivity contribution in [1.29, 1.82) is 0 Å². The molecule has 2 N–H and O–H groups in total. The molecule has 4 nitrogen and oxygen atoms in total. The highest BCUT2D eigenvalue weighted by atomic mass is 32.2. The smallest absolute Gasteiger partial charge is 0.315 e. The average Bonchev–Trinajstić information content (AvgIpc) is 2.80. The van der Waals surface area contributed by atoms with Crippen LogP contribution in [0, 0.1) is 0 Å². The van der Waals surface area contributed by atoms with E-state index in [9.17, 15) is 21.6 Å². The highest BCUT2D eigenvalue weighted by Crippen LogP contribution is 2.30. The van der Waals surface area contributed by atoms with Gasteiger partial charge in [-0.3, -0.25) is 0 Å². The van der Waals surface area contributed by atoms with E-state index in [2.05, 4.69) is 10.0 Å². The van der Waals surface area contributed by atoms with E-state index >= 15 is 0 Å². The molecule has 0 bridgehead atoms. The van der Waals surface area contributed by atoms with Gasteiger partial charge in [0.15, 0.2) is 0 Å². The van der Waals surface area contributed by atoms with Gasteiger partial charge in [0.05, 0.1) is 10.5 Å². The molecule has 0 spiro atoms. The van der Waals surface area contributed by atoms with Crippen LogP contribution in [-0.4, -0.2) is 27.5 Å². The lowest BCUT2D eigenvalue weighted by atomic mass is 10.2. The first-order chi connectivity index (χ1) is 8.79. The van der Waals surface area contributed by atoms with Gasteiger partial charge < -0.3 is 5.32 Å². The van der Waals surface area contributed by atoms with Gasteiger partial charge in [-0.15, -0.1) is 0 Å². The maximum absolute atomic E-state index is 12.5. The van der Waals surface area contributed by atoms with Gasteiger partial charge in [-0.2, -0.15) is 13.2 Å². The molecule has 19 heavy (non-hydrogen) atoms. The largest absolute Gasteiger partial charge is 0.416 e. The third kappa shape index (κ3) is 3.46. The van der Waals surface area contributed by atoms with Crippen LogP contribution in [0.2, 0.25) is 0 Å². The first-order valence-electron chi connectivity index (χ1n) is 5.69. The lowest BCUT2D eigenvalue weighted by molar-refractivity contribution is -0.137. The van der Waals surface area contributed by atoms with Crippen LogP contribution in [0.3, 0.4) is 0 Å². The molecule has 1 aliphatic heterocycles. The second kappa shape index (κ2) is 5.10. The van der Waals surface area contributed by atoms with Crippen molar-refractivity contribution in [1.82, 2.24) is 10.0 Å². The minimum Gasteiger partial charge on any atom is -0.315 e. The van der Waals surface area contributed by atoms with Gasteiger partial charge in [0.2, 0.25) is 10.0 Å². The highest BCUT2D eigenvalue weighted by Gasteiger charge is 2.32. The molecular formula is C11H13F3N2O2S. The Balaban J connectivity index is 2.25. The fraction of sp³-hybridized carbons (Fsp3) is 0.455. The van der Waals surface area contributed by atoms with E-state index in [1.807, 2.05) is 0 Å². The molecular weight excluding hydrogens is 281 g/mol. The Morgan fingerprint density at radius 2 is 2.05 bits per heavy atom. The normalized spacial score (nSPS) is 20.7. The van der Waals surface area contributed by atoms with Gasteiger partial charge in [-0.25, -0.2) is 13.1 Å². The number of hydrogen-bond acceptors (Lipinski definition) is 3. The molecule has 8 heteroatoms. The molecule has 0 saturated carbocycles. The molecule has 106 valence electrons. The molecule has 1 aliphatic rings. The second-order valence-corrected chi connectivity index (χ2v) is 6.05. The van der Waals surface area contributed by atoms with Crippen LogP contribution in [-0.2, 0) is 16.2 Å². The molecule has 0 radical (unpaired) electrons. The van der Waals surface area contributed by atoms with Gasteiger partial charge in [-0.05, 0) is 31.2 Å². The summed E-state index contributed by atoms with van der Waals surface area (Å²) in [7, 11) is -3.92. The summed E-state index contributed by atoms with van der Waals surface area (Å²) < 4.78 is 63.9. The third-order valence-corrected chi connectivity index (χ3v) is 4.37. The molecule has 1 aromatic carbocycles. The van der Waals surface area contributed by atoms with Crippen molar-refractivity contribution in [2.24, 2.45) is 0 Å². The summed E-state index contributed by atoms with van der Waals surface area (Å²) in [5, 5.41) is 2.98. The molecule has 0 amide bonds. The minimum atomic E-state index is -4.56. The lowest BCUT2D eigenvalue weighted by Crippen LogP contribution is -2.36. The van der Waals surface area contributed by atoms with E-state index < -0.39 is 21.8 Å². The average molecular weight is 294 g/mol. The van der Waals surface area contributed by atoms with Gasteiger partial charge in [-0.1, -0.05) is 6.07 Å². The van der Waals surface area contributed by atoms with E-state index in [0.717, 1.165) is 18.2 Å². The van der Waals surface area contributed by atoms with Crippen LogP contribution in [0.15, 0.2) is 29.2 Å². The highest BCUT2D eigenvalue weighted by molar-refractivity contribution is 7.89. The van der Waals surface area contributed by atoms with Crippen LogP contribution in [0.4, 0.5) is 13.2 Å². The summed E-state index contributed by atoms with van der Waals surface area (Å²) in [5.74, 6) is 0. The van der Waals surface area contributed by atoms with Crippen molar-refractivity contribution < 1.29 is 21.6 Å². The van der Waals surface area contributed by atoms with E-state index in [1.165, 1.54) is 0 Å². The number of benzene rings is 1. The number of sulfonamides is 1. The van der Waals surface area contributed by atoms with E-state index in [0.29, 0.717) is 25.6 Å².